The van der Waals surface area contributed by atoms with Crippen LogP contribution in [0.2, 0.25) is 0 Å². The lowest BCUT2D eigenvalue weighted by Gasteiger charge is -2.43. The topological polar surface area (TPSA) is 32.7 Å². The molecule has 1 saturated heterocycles. The molecule has 100 valence electrons. The van der Waals surface area contributed by atoms with Crippen molar-refractivity contribution < 1.29 is 9.84 Å². The Morgan fingerprint density at radius 1 is 1.29 bits per heavy atom. The summed E-state index contributed by atoms with van der Waals surface area (Å²) in [7, 11) is 0. The van der Waals surface area contributed by atoms with Gasteiger partial charge in [0.2, 0.25) is 0 Å². The van der Waals surface area contributed by atoms with Gasteiger partial charge in [0, 0.05) is 19.2 Å². The fourth-order valence-electron chi connectivity index (χ4n) is 3.57. The van der Waals surface area contributed by atoms with Gasteiger partial charge in [-0.2, -0.15) is 0 Å². The zero-order valence-electron chi connectivity index (χ0n) is 11.2. The third-order valence-electron chi connectivity index (χ3n) is 4.40. The van der Waals surface area contributed by atoms with E-state index in [1.807, 2.05) is 0 Å². The summed E-state index contributed by atoms with van der Waals surface area (Å²) in [4.78, 5) is 2.47. The van der Waals surface area contributed by atoms with Gasteiger partial charge in [-0.3, -0.25) is 4.90 Å². The fraction of sp³-hybridized carbons (Fsp3) is 1.00. The summed E-state index contributed by atoms with van der Waals surface area (Å²) in [6.45, 7) is 5.35. The van der Waals surface area contributed by atoms with E-state index in [1.165, 1.54) is 38.5 Å². The number of hydrogen-bond acceptors (Lipinski definition) is 3. The molecule has 2 fully saturated rings. The van der Waals surface area contributed by atoms with E-state index in [4.69, 9.17) is 4.74 Å². The van der Waals surface area contributed by atoms with E-state index in [9.17, 15) is 5.11 Å². The molecule has 3 heteroatoms. The molecular formula is C14H27NO2. The van der Waals surface area contributed by atoms with E-state index in [2.05, 4.69) is 11.8 Å². The Morgan fingerprint density at radius 2 is 2.06 bits per heavy atom. The number of hydrogen-bond donors (Lipinski definition) is 1. The molecule has 1 spiro atoms. The first-order valence-electron chi connectivity index (χ1n) is 7.28. The van der Waals surface area contributed by atoms with Crippen LogP contribution in [-0.2, 0) is 4.74 Å². The maximum absolute atomic E-state index is 9.18. The lowest BCUT2D eigenvalue weighted by molar-refractivity contribution is -0.103. The van der Waals surface area contributed by atoms with Gasteiger partial charge in [0.25, 0.3) is 0 Å². The van der Waals surface area contributed by atoms with Gasteiger partial charge in [0.1, 0.15) is 0 Å². The number of ether oxygens (including phenoxy) is 1. The summed E-state index contributed by atoms with van der Waals surface area (Å²) >= 11 is 0. The van der Waals surface area contributed by atoms with Gasteiger partial charge in [-0.1, -0.05) is 19.8 Å². The summed E-state index contributed by atoms with van der Waals surface area (Å²) in [6, 6.07) is 0.633. The highest BCUT2D eigenvalue weighted by Gasteiger charge is 2.41. The summed E-state index contributed by atoms with van der Waals surface area (Å²) < 4.78 is 6.07. The molecular weight excluding hydrogens is 214 g/mol. The Labute approximate surface area is 105 Å². The zero-order chi connectivity index (χ0) is 12.1. The van der Waals surface area contributed by atoms with Crippen molar-refractivity contribution in [2.75, 3.05) is 26.3 Å². The van der Waals surface area contributed by atoms with E-state index in [-0.39, 0.29) is 12.2 Å². The summed E-state index contributed by atoms with van der Waals surface area (Å²) in [6.07, 6.45) is 8.67. The summed E-state index contributed by atoms with van der Waals surface area (Å²) in [5, 5.41) is 9.18. The molecule has 2 aliphatic rings. The molecule has 1 atom stereocenters. The lowest BCUT2D eigenvalue weighted by atomic mass is 9.88. The van der Waals surface area contributed by atoms with Gasteiger partial charge >= 0.3 is 0 Å². The van der Waals surface area contributed by atoms with Crippen LogP contribution in [0.25, 0.3) is 0 Å². The second-order valence-electron chi connectivity index (χ2n) is 5.64. The van der Waals surface area contributed by atoms with Gasteiger partial charge < -0.3 is 9.84 Å². The summed E-state index contributed by atoms with van der Waals surface area (Å²) in [5.74, 6) is 0. The van der Waals surface area contributed by atoms with Crippen molar-refractivity contribution in [1.82, 2.24) is 4.90 Å². The molecule has 2 rings (SSSR count). The molecule has 0 aromatic rings. The Morgan fingerprint density at radius 3 is 2.71 bits per heavy atom. The maximum Gasteiger partial charge on any atom is 0.0697 e. The molecule has 1 saturated carbocycles. The Hall–Kier alpha value is -0.120. The highest BCUT2D eigenvalue weighted by molar-refractivity contribution is 4.94. The molecule has 1 heterocycles. The van der Waals surface area contributed by atoms with E-state index in [0.29, 0.717) is 6.04 Å². The number of aliphatic hydroxyl groups excluding tert-OH is 1. The van der Waals surface area contributed by atoms with Crippen LogP contribution in [0.3, 0.4) is 0 Å². The van der Waals surface area contributed by atoms with Crippen molar-refractivity contribution in [3.05, 3.63) is 0 Å². The van der Waals surface area contributed by atoms with Crippen LogP contribution in [0.1, 0.15) is 51.9 Å². The van der Waals surface area contributed by atoms with Crippen LogP contribution in [0, 0.1) is 0 Å². The van der Waals surface area contributed by atoms with Gasteiger partial charge in [0.15, 0.2) is 0 Å². The second-order valence-corrected chi connectivity index (χ2v) is 5.64. The van der Waals surface area contributed by atoms with E-state index < -0.39 is 0 Å². The van der Waals surface area contributed by atoms with E-state index in [0.717, 1.165) is 26.1 Å². The Bertz CT molecular complexity index is 220. The molecule has 1 aliphatic carbocycles. The van der Waals surface area contributed by atoms with Gasteiger partial charge in [-0.05, 0) is 38.6 Å². The van der Waals surface area contributed by atoms with Crippen molar-refractivity contribution in [2.24, 2.45) is 0 Å². The molecule has 3 nitrogen and oxygen atoms in total. The quantitative estimate of drug-likeness (QED) is 0.801. The predicted octanol–water partition coefficient (Wildman–Crippen LogP) is 2.18. The van der Waals surface area contributed by atoms with Crippen LogP contribution in [0.4, 0.5) is 0 Å². The standard InChI is InChI=1S/C14H27NO2/c1-2-8-15(9-10-16)13-5-11-17-14(12-13)6-3-4-7-14/h13,16H,2-12H2,1H3. The van der Waals surface area contributed by atoms with Crippen molar-refractivity contribution >= 4 is 0 Å². The predicted molar refractivity (Wildman–Crippen MR) is 69.1 cm³/mol. The third kappa shape index (κ3) is 3.21. The largest absolute Gasteiger partial charge is 0.395 e. The minimum absolute atomic E-state index is 0.199. The highest BCUT2D eigenvalue weighted by atomic mass is 16.5. The Kier molecular flexibility index (Phi) is 4.83. The molecule has 1 N–H and O–H groups in total. The van der Waals surface area contributed by atoms with Crippen molar-refractivity contribution in [1.29, 1.82) is 0 Å². The van der Waals surface area contributed by atoms with Gasteiger partial charge in [-0.25, -0.2) is 0 Å². The van der Waals surface area contributed by atoms with E-state index >= 15 is 0 Å². The SMILES string of the molecule is CCCN(CCO)C1CCOC2(CCCC2)C1. The number of nitrogens with zero attached hydrogens (tertiary/aromatic N) is 1. The van der Waals surface area contributed by atoms with E-state index in [1.54, 1.807) is 0 Å². The molecule has 1 aliphatic heterocycles. The lowest BCUT2D eigenvalue weighted by Crippen LogP contribution is -2.48. The minimum atomic E-state index is 0.199. The van der Waals surface area contributed by atoms with Crippen LogP contribution in [-0.4, -0.2) is 48.0 Å². The monoisotopic (exact) mass is 241 g/mol. The van der Waals surface area contributed by atoms with Crippen molar-refractivity contribution in [3.63, 3.8) is 0 Å². The van der Waals surface area contributed by atoms with Crippen LogP contribution < -0.4 is 0 Å². The molecule has 1 unspecified atom stereocenters. The van der Waals surface area contributed by atoms with Crippen molar-refractivity contribution in [2.45, 2.75) is 63.5 Å². The fourth-order valence-corrected chi connectivity index (χ4v) is 3.57. The maximum atomic E-state index is 9.18. The highest BCUT2D eigenvalue weighted by Crippen LogP contribution is 2.41. The third-order valence-corrected chi connectivity index (χ3v) is 4.40. The van der Waals surface area contributed by atoms with Crippen LogP contribution in [0.15, 0.2) is 0 Å². The number of aliphatic hydroxyl groups is 1. The van der Waals surface area contributed by atoms with Crippen LogP contribution >= 0.6 is 0 Å². The first-order chi connectivity index (χ1) is 8.29. The zero-order valence-corrected chi connectivity index (χ0v) is 11.2. The molecule has 0 radical (unpaired) electrons. The van der Waals surface area contributed by atoms with Gasteiger partial charge in [0.05, 0.1) is 12.2 Å². The first kappa shape index (κ1) is 13.3. The minimum Gasteiger partial charge on any atom is -0.395 e. The summed E-state index contributed by atoms with van der Waals surface area (Å²) in [5.41, 5.74) is 0.199. The average Bonchev–Trinajstić information content (AvgIpc) is 2.77. The molecule has 0 aromatic heterocycles. The smallest absolute Gasteiger partial charge is 0.0697 e. The molecule has 0 aromatic carbocycles. The molecule has 0 bridgehead atoms. The number of rotatable bonds is 5. The second kappa shape index (κ2) is 6.17. The normalized spacial score (nSPS) is 28.1. The van der Waals surface area contributed by atoms with Gasteiger partial charge in [-0.15, -0.1) is 0 Å². The average molecular weight is 241 g/mol. The first-order valence-corrected chi connectivity index (χ1v) is 7.28. The molecule has 0 amide bonds. The van der Waals surface area contributed by atoms with Crippen molar-refractivity contribution in [3.8, 4) is 0 Å². The van der Waals surface area contributed by atoms with Crippen LogP contribution in [0.5, 0.6) is 0 Å². The molecule has 17 heavy (non-hydrogen) atoms. The Balaban J connectivity index is 1.94.